The van der Waals surface area contributed by atoms with Gasteiger partial charge >= 0.3 is 0 Å². The quantitative estimate of drug-likeness (QED) is 0.701. The first-order valence-corrected chi connectivity index (χ1v) is 10.1. The van der Waals surface area contributed by atoms with Crippen molar-refractivity contribution in [3.8, 4) is 0 Å². The molecule has 1 aliphatic rings. The molecule has 0 saturated carbocycles. The van der Waals surface area contributed by atoms with Crippen molar-refractivity contribution in [2.75, 3.05) is 30.7 Å². The van der Waals surface area contributed by atoms with Gasteiger partial charge in [-0.05, 0) is 54.2 Å². The van der Waals surface area contributed by atoms with Crippen molar-refractivity contribution >= 4 is 23.4 Å². The second kappa shape index (κ2) is 8.78. The zero-order valence-corrected chi connectivity index (χ0v) is 17.5. The first-order chi connectivity index (χ1) is 13.7. The third-order valence-corrected chi connectivity index (χ3v) is 5.00. The molecule has 5 heteroatoms. The van der Waals surface area contributed by atoms with Gasteiger partial charge in [-0.25, -0.2) is 4.39 Å². The Hall–Kier alpha value is -2.66. The predicted octanol–water partition coefficient (Wildman–Crippen LogP) is 5.19. The van der Waals surface area contributed by atoms with E-state index in [1.165, 1.54) is 23.8 Å². The Morgan fingerprint density at radius 1 is 1.14 bits per heavy atom. The summed E-state index contributed by atoms with van der Waals surface area (Å²) in [5.74, 6) is -0.694. The van der Waals surface area contributed by atoms with Crippen LogP contribution in [0, 0.1) is 11.2 Å². The summed E-state index contributed by atoms with van der Waals surface area (Å²) in [4.78, 5) is 15.0. The molecule has 1 heterocycles. The minimum Gasteiger partial charge on any atom is -0.397 e. The fourth-order valence-electron chi connectivity index (χ4n) is 3.62. The number of rotatable bonds is 4. The number of piperidine rings is 1. The van der Waals surface area contributed by atoms with Gasteiger partial charge in [0.25, 0.3) is 5.91 Å². The number of nitrogens with zero attached hydrogens (tertiary/aromatic N) is 1. The lowest BCUT2D eigenvalue weighted by Gasteiger charge is -2.33. The fourth-order valence-corrected chi connectivity index (χ4v) is 3.62. The average molecular weight is 396 g/mol. The Balaban J connectivity index is 1.59. The molecule has 0 unspecified atom stereocenters. The number of anilines is 2. The fraction of sp³-hybridized carbons (Fsp3) is 0.375. The van der Waals surface area contributed by atoms with Gasteiger partial charge in [0.2, 0.25) is 0 Å². The number of likely N-dealkylation sites (tertiary alicyclic amines) is 1. The number of nitrogens with one attached hydrogen (secondary N) is 1. The van der Waals surface area contributed by atoms with Gasteiger partial charge in [0.05, 0.1) is 11.4 Å². The van der Waals surface area contributed by atoms with E-state index in [4.69, 9.17) is 5.73 Å². The minimum atomic E-state index is -0.429. The van der Waals surface area contributed by atoms with Crippen molar-refractivity contribution in [2.45, 2.75) is 33.6 Å². The van der Waals surface area contributed by atoms with Crippen LogP contribution in [0.25, 0.3) is 6.08 Å². The molecule has 1 aliphatic heterocycles. The Kier molecular flexibility index (Phi) is 6.38. The lowest BCUT2D eigenvalue weighted by atomic mass is 9.93. The molecule has 2 aromatic rings. The van der Waals surface area contributed by atoms with E-state index in [0.29, 0.717) is 16.7 Å². The normalized spacial score (nSPS) is 15.2. The Bertz CT molecular complexity index is 887. The Labute approximate surface area is 172 Å². The summed E-state index contributed by atoms with van der Waals surface area (Å²) < 4.78 is 13.1. The van der Waals surface area contributed by atoms with Crippen molar-refractivity contribution in [1.29, 1.82) is 0 Å². The number of nitrogen functional groups attached to an aromatic ring is 1. The lowest BCUT2D eigenvalue weighted by Crippen LogP contribution is -2.37. The second-order valence-electron chi connectivity index (χ2n) is 8.95. The monoisotopic (exact) mass is 395 g/mol. The molecule has 3 N–H and O–H groups in total. The summed E-state index contributed by atoms with van der Waals surface area (Å²) in [5, 5.41) is 2.73. The number of amides is 1. The summed E-state index contributed by atoms with van der Waals surface area (Å²) >= 11 is 0. The first-order valence-electron chi connectivity index (χ1n) is 10.1. The van der Waals surface area contributed by atoms with Crippen LogP contribution in [0.5, 0.6) is 0 Å². The molecule has 1 fully saturated rings. The van der Waals surface area contributed by atoms with E-state index in [2.05, 4.69) is 37.1 Å². The maximum Gasteiger partial charge on any atom is 0.255 e. The number of hydrogen-bond donors (Lipinski definition) is 2. The van der Waals surface area contributed by atoms with Gasteiger partial charge in [-0.1, -0.05) is 44.6 Å². The molecule has 1 saturated heterocycles. The molecular weight excluding hydrogens is 365 g/mol. The molecule has 2 aromatic carbocycles. The van der Waals surface area contributed by atoms with E-state index in [-0.39, 0.29) is 11.6 Å². The standard InChI is InChI=1S/C24H30FN3O/c1-24(2,3)16-28-12-10-18(11-13-28)14-17-4-6-19(7-5-17)23(29)27-22-9-8-20(25)15-21(22)26/h4-9,14-15H,10-13,16,26H2,1-3H3,(H,27,29). The van der Waals surface area contributed by atoms with E-state index in [0.717, 1.165) is 38.0 Å². The molecule has 29 heavy (non-hydrogen) atoms. The van der Waals surface area contributed by atoms with Gasteiger partial charge in [-0.15, -0.1) is 0 Å². The number of nitrogens with two attached hydrogens (primary N) is 1. The molecule has 3 rings (SSSR count). The second-order valence-corrected chi connectivity index (χ2v) is 8.95. The van der Waals surface area contributed by atoms with E-state index in [1.807, 2.05) is 12.1 Å². The molecule has 0 aliphatic carbocycles. The summed E-state index contributed by atoms with van der Waals surface area (Å²) in [6, 6.07) is 11.4. The third-order valence-electron chi connectivity index (χ3n) is 5.00. The smallest absolute Gasteiger partial charge is 0.255 e. The predicted molar refractivity (Wildman–Crippen MR) is 118 cm³/mol. The number of carbonyl (C=O) groups excluding carboxylic acids is 1. The van der Waals surface area contributed by atoms with Crippen molar-refractivity contribution in [3.63, 3.8) is 0 Å². The number of benzene rings is 2. The summed E-state index contributed by atoms with van der Waals surface area (Å²) in [6.07, 6.45) is 4.40. The molecule has 1 amide bonds. The zero-order valence-electron chi connectivity index (χ0n) is 17.5. The van der Waals surface area contributed by atoms with Crippen LogP contribution in [0.15, 0.2) is 48.0 Å². The molecule has 0 radical (unpaired) electrons. The Morgan fingerprint density at radius 2 is 1.79 bits per heavy atom. The first kappa shape index (κ1) is 21.1. The molecule has 4 nitrogen and oxygen atoms in total. The molecule has 0 aromatic heterocycles. The molecule has 0 spiro atoms. The summed E-state index contributed by atoms with van der Waals surface area (Å²) in [5.41, 5.74) is 9.78. The molecule has 0 bridgehead atoms. The maximum absolute atomic E-state index is 13.1. The highest BCUT2D eigenvalue weighted by molar-refractivity contribution is 6.05. The van der Waals surface area contributed by atoms with Gasteiger partial charge in [0.15, 0.2) is 0 Å². The number of carbonyl (C=O) groups is 1. The van der Waals surface area contributed by atoms with Gasteiger partial charge in [-0.2, -0.15) is 0 Å². The van der Waals surface area contributed by atoms with Crippen LogP contribution >= 0.6 is 0 Å². The van der Waals surface area contributed by atoms with E-state index >= 15 is 0 Å². The van der Waals surface area contributed by atoms with Crippen LogP contribution < -0.4 is 11.1 Å². The number of hydrogen-bond acceptors (Lipinski definition) is 3. The summed E-state index contributed by atoms with van der Waals surface area (Å²) in [6.45, 7) is 10.2. The number of halogens is 1. The van der Waals surface area contributed by atoms with Crippen LogP contribution in [-0.4, -0.2) is 30.4 Å². The lowest BCUT2D eigenvalue weighted by molar-refractivity contribution is 0.102. The third kappa shape index (κ3) is 6.16. The van der Waals surface area contributed by atoms with E-state index in [9.17, 15) is 9.18 Å². The highest BCUT2D eigenvalue weighted by Crippen LogP contribution is 2.24. The zero-order chi connectivity index (χ0) is 21.0. The molecule has 154 valence electrons. The van der Waals surface area contributed by atoms with Gasteiger partial charge in [0, 0.05) is 25.2 Å². The van der Waals surface area contributed by atoms with E-state index < -0.39 is 5.82 Å². The average Bonchev–Trinajstić information content (AvgIpc) is 2.65. The van der Waals surface area contributed by atoms with Crippen molar-refractivity contribution < 1.29 is 9.18 Å². The van der Waals surface area contributed by atoms with Crippen LogP contribution in [0.2, 0.25) is 0 Å². The molecule has 0 atom stereocenters. The SMILES string of the molecule is CC(C)(C)CN1CCC(=Cc2ccc(C(=O)Nc3ccc(F)cc3N)cc2)CC1. The summed E-state index contributed by atoms with van der Waals surface area (Å²) in [7, 11) is 0. The van der Waals surface area contributed by atoms with Crippen LogP contribution in [0.1, 0.15) is 49.5 Å². The molecular formula is C24H30FN3O. The van der Waals surface area contributed by atoms with Crippen molar-refractivity contribution in [2.24, 2.45) is 5.41 Å². The minimum absolute atomic E-state index is 0.206. The highest BCUT2D eigenvalue weighted by Gasteiger charge is 2.19. The maximum atomic E-state index is 13.1. The Morgan fingerprint density at radius 3 is 2.38 bits per heavy atom. The van der Waals surface area contributed by atoms with Crippen LogP contribution in [0.4, 0.5) is 15.8 Å². The highest BCUT2D eigenvalue weighted by atomic mass is 19.1. The van der Waals surface area contributed by atoms with Gasteiger partial charge in [0.1, 0.15) is 5.82 Å². The van der Waals surface area contributed by atoms with Crippen LogP contribution in [0.3, 0.4) is 0 Å². The topological polar surface area (TPSA) is 58.4 Å². The van der Waals surface area contributed by atoms with Gasteiger partial charge < -0.3 is 16.0 Å². The van der Waals surface area contributed by atoms with E-state index in [1.54, 1.807) is 12.1 Å². The van der Waals surface area contributed by atoms with Crippen molar-refractivity contribution in [1.82, 2.24) is 4.90 Å². The van der Waals surface area contributed by atoms with Gasteiger partial charge in [-0.3, -0.25) is 4.79 Å². The van der Waals surface area contributed by atoms with Crippen molar-refractivity contribution in [3.05, 3.63) is 65.0 Å². The van der Waals surface area contributed by atoms with Crippen LogP contribution in [-0.2, 0) is 0 Å². The largest absolute Gasteiger partial charge is 0.397 e.